The van der Waals surface area contributed by atoms with Gasteiger partial charge in [-0.15, -0.1) is 0 Å². The second kappa shape index (κ2) is 5.49. The zero-order valence-corrected chi connectivity index (χ0v) is 7.85. The molecule has 1 saturated heterocycles. The average Bonchev–Trinajstić information content (AvgIpc) is 2.53. The monoisotopic (exact) mass is 174 g/mol. The fourth-order valence-electron chi connectivity index (χ4n) is 1.73. The third-order valence-corrected chi connectivity index (χ3v) is 2.41. The first-order chi connectivity index (χ1) is 5.83. The van der Waals surface area contributed by atoms with Gasteiger partial charge in [-0.25, -0.2) is 0 Å². The second-order valence-corrected chi connectivity index (χ2v) is 3.66. The highest BCUT2D eigenvalue weighted by Crippen LogP contribution is 2.08. The van der Waals surface area contributed by atoms with E-state index in [0.29, 0.717) is 6.42 Å². The Morgan fingerprint density at radius 3 is 3.00 bits per heavy atom. The summed E-state index contributed by atoms with van der Waals surface area (Å²) in [6, 6.07) is 0. The number of nitrogens with one attached hydrogen (secondary N) is 1. The van der Waals surface area contributed by atoms with Crippen LogP contribution < -0.4 is 5.32 Å². The number of rotatable bonds is 5. The molecular formula is C9H19FN2. The molecule has 3 heteroatoms. The fraction of sp³-hybridized carbons (Fsp3) is 1.00. The van der Waals surface area contributed by atoms with E-state index in [1.165, 1.54) is 6.42 Å². The van der Waals surface area contributed by atoms with Crippen LogP contribution in [-0.2, 0) is 0 Å². The Morgan fingerprint density at radius 2 is 2.42 bits per heavy atom. The van der Waals surface area contributed by atoms with E-state index < -0.39 is 0 Å². The summed E-state index contributed by atoms with van der Waals surface area (Å²) in [4.78, 5) is 2.23. The van der Waals surface area contributed by atoms with Crippen LogP contribution in [0.5, 0.6) is 0 Å². The molecule has 12 heavy (non-hydrogen) atoms. The molecule has 72 valence electrons. The van der Waals surface area contributed by atoms with E-state index in [1.54, 1.807) is 0 Å². The number of halogens is 1. The Morgan fingerprint density at radius 1 is 1.58 bits per heavy atom. The van der Waals surface area contributed by atoms with Gasteiger partial charge < -0.3 is 10.2 Å². The standard InChI is InChI=1S/C9H19FN2/c1-12(6-2-4-10)8-9-3-5-11-7-9/h9,11H,2-8H2,1H3. The maximum Gasteiger partial charge on any atom is 0.0906 e. The maximum atomic E-state index is 11.8. The molecule has 1 rings (SSSR count). The summed E-state index contributed by atoms with van der Waals surface area (Å²) in [7, 11) is 2.08. The lowest BCUT2D eigenvalue weighted by atomic mass is 10.1. The quantitative estimate of drug-likeness (QED) is 0.666. The van der Waals surface area contributed by atoms with Gasteiger partial charge in [0.05, 0.1) is 6.67 Å². The molecule has 0 saturated carbocycles. The molecule has 1 N–H and O–H groups in total. The van der Waals surface area contributed by atoms with Gasteiger partial charge in [0, 0.05) is 13.1 Å². The van der Waals surface area contributed by atoms with Gasteiger partial charge in [-0.3, -0.25) is 4.39 Å². The molecular weight excluding hydrogens is 155 g/mol. The Hall–Kier alpha value is -0.150. The lowest BCUT2D eigenvalue weighted by molar-refractivity contribution is 0.270. The van der Waals surface area contributed by atoms with Crippen molar-refractivity contribution in [1.29, 1.82) is 0 Å². The summed E-state index contributed by atoms with van der Waals surface area (Å²) in [5, 5.41) is 3.33. The molecule has 0 aromatic heterocycles. The molecule has 0 amide bonds. The topological polar surface area (TPSA) is 15.3 Å². The molecule has 1 fully saturated rings. The van der Waals surface area contributed by atoms with E-state index in [1.807, 2.05) is 0 Å². The fourth-order valence-corrected chi connectivity index (χ4v) is 1.73. The van der Waals surface area contributed by atoms with Crippen LogP contribution in [0.15, 0.2) is 0 Å². The van der Waals surface area contributed by atoms with E-state index >= 15 is 0 Å². The van der Waals surface area contributed by atoms with Crippen LogP contribution in [0, 0.1) is 5.92 Å². The minimum atomic E-state index is -0.187. The molecule has 1 unspecified atom stereocenters. The number of hydrogen-bond donors (Lipinski definition) is 1. The molecule has 1 aliphatic rings. The summed E-state index contributed by atoms with van der Waals surface area (Å²) < 4.78 is 11.8. The summed E-state index contributed by atoms with van der Waals surface area (Å²) in [5.74, 6) is 0.787. The molecule has 0 aromatic rings. The van der Waals surface area contributed by atoms with Crippen LogP contribution >= 0.6 is 0 Å². The zero-order valence-electron chi connectivity index (χ0n) is 7.85. The Kier molecular flexibility index (Phi) is 4.54. The minimum absolute atomic E-state index is 0.187. The van der Waals surface area contributed by atoms with Gasteiger partial charge in [-0.1, -0.05) is 0 Å². The highest BCUT2D eigenvalue weighted by Gasteiger charge is 2.15. The minimum Gasteiger partial charge on any atom is -0.316 e. The largest absolute Gasteiger partial charge is 0.316 e. The molecule has 0 aromatic carbocycles. The van der Waals surface area contributed by atoms with Crippen LogP contribution in [0.2, 0.25) is 0 Å². The van der Waals surface area contributed by atoms with Crippen molar-refractivity contribution >= 4 is 0 Å². The number of alkyl halides is 1. The van der Waals surface area contributed by atoms with E-state index in [-0.39, 0.29) is 6.67 Å². The third kappa shape index (κ3) is 3.50. The van der Waals surface area contributed by atoms with Crippen molar-refractivity contribution in [3.05, 3.63) is 0 Å². The number of nitrogens with zero attached hydrogens (tertiary/aromatic N) is 1. The summed E-state index contributed by atoms with van der Waals surface area (Å²) in [6.45, 7) is 4.12. The average molecular weight is 174 g/mol. The van der Waals surface area contributed by atoms with Crippen molar-refractivity contribution in [3.8, 4) is 0 Å². The van der Waals surface area contributed by atoms with Crippen molar-refractivity contribution < 1.29 is 4.39 Å². The Balaban J connectivity index is 2.03. The maximum absolute atomic E-state index is 11.8. The van der Waals surface area contributed by atoms with Gasteiger partial charge in [0.2, 0.25) is 0 Å². The molecule has 0 radical (unpaired) electrons. The van der Waals surface area contributed by atoms with Crippen LogP contribution in [0.3, 0.4) is 0 Å². The molecule has 1 heterocycles. The normalized spacial score (nSPS) is 23.8. The Labute approximate surface area is 74.1 Å². The first-order valence-electron chi connectivity index (χ1n) is 4.78. The van der Waals surface area contributed by atoms with E-state index in [0.717, 1.165) is 32.1 Å². The van der Waals surface area contributed by atoms with Crippen molar-refractivity contribution in [1.82, 2.24) is 10.2 Å². The SMILES string of the molecule is CN(CCCF)CC1CCNC1. The molecule has 0 bridgehead atoms. The zero-order chi connectivity index (χ0) is 8.81. The van der Waals surface area contributed by atoms with Crippen LogP contribution in [0.1, 0.15) is 12.8 Å². The van der Waals surface area contributed by atoms with E-state index in [9.17, 15) is 4.39 Å². The van der Waals surface area contributed by atoms with Crippen LogP contribution in [0.25, 0.3) is 0 Å². The molecule has 0 aliphatic carbocycles. The summed E-state index contributed by atoms with van der Waals surface area (Å²) in [6.07, 6.45) is 1.95. The predicted octanol–water partition coefficient (Wildman–Crippen LogP) is 0.887. The first-order valence-corrected chi connectivity index (χ1v) is 4.78. The summed E-state index contributed by atoms with van der Waals surface area (Å²) >= 11 is 0. The van der Waals surface area contributed by atoms with E-state index in [2.05, 4.69) is 17.3 Å². The highest BCUT2D eigenvalue weighted by molar-refractivity contribution is 4.73. The first kappa shape index (κ1) is 9.93. The van der Waals surface area contributed by atoms with Gasteiger partial charge in [0.1, 0.15) is 0 Å². The third-order valence-electron chi connectivity index (χ3n) is 2.41. The van der Waals surface area contributed by atoms with Crippen molar-refractivity contribution in [2.45, 2.75) is 12.8 Å². The second-order valence-electron chi connectivity index (χ2n) is 3.66. The number of hydrogen-bond acceptors (Lipinski definition) is 2. The van der Waals surface area contributed by atoms with E-state index in [4.69, 9.17) is 0 Å². The van der Waals surface area contributed by atoms with Gasteiger partial charge in [-0.2, -0.15) is 0 Å². The van der Waals surface area contributed by atoms with Crippen molar-refractivity contribution in [2.24, 2.45) is 5.92 Å². The highest BCUT2D eigenvalue weighted by atomic mass is 19.1. The van der Waals surface area contributed by atoms with Gasteiger partial charge >= 0.3 is 0 Å². The Bertz CT molecular complexity index is 113. The molecule has 1 atom stereocenters. The molecule has 0 spiro atoms. The summed E-state index contributed by atoms with van der Waals surface area (Å²) in [5.41, 5.74) is 0. The van der Waals surface area contributed by atoms with Crippen molar-refractivity contribution in [3.63, 3.8) is 0 Å². The molecule has 1 aliphatic heterocycles. The van der Waals surface area contributed by atoms with Gasteiger partial charge in [-0.05, 0) is 38.9 Å². The smallest absolute Gasteiger partial charge is 0.0906 e. The van der Waals surface area contributed by atoms with Crippen LogP contribution in [0.4, 0.5) is 4.39 Å². The molecule has 2 nitrogen and oxygen atoms in total. The van der Waals surface area contributed by atoms with Crippen LogP contribution in [-0.4, -0.2) is 44.8 Å². The predicted molar refractivity (Wildman–Crippen MR) is 49.1 cm³/mol. The lowest BCUT2D eigenvalue weighted by Gasteiger charge is -2.19. The van der Waals surface area contributed by atoms with Crippen molar-refractivity contribution in [2.75, 3.05) is 39.9 Å². The lowest BCUT2D eigenvalue weighted by Crippen LogP contribution is -2.28. The van der Waals surface area contributed by atoms with Gasteiger partial charge in [0.15, 0.2) is 0 Å². The van der Waals surface area contributed by atoms with Gasteiger partial charge in [0.25, 0.3) is 0 Å².